The van der Waals surface area contributed by atoms with Crippen molar-refractivity contribution in [3.63, 3.8) is 0 Å². The van der Waals surface area contributed by atoms with Crippen molar-refractivity contribution in [1.29, 1.82) is 0 Å². The van der Waals surface area contributed by atoms with Crippen LogP contribution in [0.3, 0.4) is 0 Å². The Balaban J connectivity index is 2.15. The first kappa shape index (κ1) is 12.7. The van der Waals surface area contributed by atoms with Gasteiger partial charge < -0.3 is 0 Å². The Morgan fingerprint density at radius 3 is 2.76 bits per heavy atom. The molecule has 2 nitrogen and oxygen atoms in total. The molecule has 2 rings (SSSR count). The van der Waals surface area contributed by atoms with Crippen LogP contribution in [0.15, 0.2) is 18.2 Å². The molecule has 0 aromatic heterocycles. The lowest BCUT2D eigenvalue weighted by Gasteiger charge is -2.22. The molecule has 0 bridgehead atoms. The van der Waals surface area contributed by atoms with Gasteiger partial charge in [0.05, 0.1) is 15.7 Å². The highest BCUT2D eigenvalue weighted by Gasteiger charge is 2.28. The first-order valence-corrected chi connectivity index (χ1v) is 6.99. The summed E-state index contributed by atoms with van der Waals surface area (Å²) in [7, 11) is -1.08. The average molecular weight is 255 g/mol. The summed E-state index contributed by atoms with van der Waals surface area (Å²) < 4.78 is 28.0. The van der Waals surface area contributed by atoms with E-state index in [-0.39, 0.29) is 16.6 Å². The highest BCUT2D eigenvalue weighted by Crippen LogP contribution is 2.32. The van der Waals surface area contributed by atoms with Gasteiger partial charge in [-0.15, -0.1) is 0 Å². The molecule has 0 fully saturated rings. The van der Waals surface area contributed by atoms with Gasteiger partial charge >= 0.3 is 0 Å². The molecule has 1 N–H and O–H groups in total. The zero-order valence-corrected chi connectivity index (χ0v) is 11.2. The Bertz CT molecular complexity index is 453. The number of aryl methyl sites for hydroxylation is 1. The molecule has 0 heterocycles. The molecule has 0 unspecified atom stereocenters. The number of nitrogens with one attached hydrogen (secondary N) is 1. The van der Waals surface area contributed by atoms with E-state index in [1.54, 1.807) is 12.1 Å². The predicted octanol–water partition coefficient (Wildman–Crippen LogP) is 2.86. The van der Waals surface area contributed by atoms with Crippen LogP contribution >= 0.6 is 0 Å². The summed E-state index contributed by atoms with van der Waals surface area (Å²) in [4.78, 5) is 0. The first-order valence-electron chi connectivity index (χ1n) is 5.84. The van der Waals surface area contributed by atoms with E-state index >= 15 is 0 Å². The summed E-state index contributed by atoms with van der Waals surface area (Å²) in [6, 6.07) is 4.94. The van der Waals surface area contributed by atoms with E-state index in [9.17, 15) is 8.60 Å². The van der Waals surface area contributed by atoms with Crippen LogP contribution in [-0.4, -0.2) is 8.96 Å². The third-order valence-corrected chi connectivity index (χ3v) is 4.60. The van der Waals surface area contributed by atoms with Gasteiger partial charge in [0.1, 0.15) is 5.82 Å². The molecular weight excluding hydrogens is 237 g/mol. The van der Waals surface area contributed by atoms with Crippen LogP contribution in [0.2, 0.25) is 0 Å². The molecule has 1 aliphatic rings. The lowest BCUT2D eigenvalue weighted by atomic mass is 10.1. The van der Waals surface area contributed by atoms with E-state index < -0.39 is 11.0 Å². The molecule has 0 aliphatic heterocycles. The van der Waals surface area contributed by atoms with Gasteiger partial charge in [-0.1, -0.05) is 6.07 Å². The van der Waals surface area contributed by atoms with Gasteiger partial charge in [0, 0.05) is 6.04 Å². The zero-order valence-electron chi connectivity index (χ0n) is 10.4. The Labute approximate surface area is 104 Å². The normalized spacial score (nSPS) is 21.3. The molecule has 0 radical (unpaired) electrons. The van der Waals surface area contributed by atoms with Gasteiger partial charge in [0.2, 0.25) is 0 Å². The zero-order chi connectivity index (χ0) is 12.6. The Morgan fingerprint density at radius 1 is 1.41 bits per heavy atom. The van der Waals surface area contributed by atoms with E-state index in [1.165, 1.54) is 6.07 Å². The molecule has 0 saturated heterocycles. The molecular formula is C13H18FNOS. The van der Waals surface area contributed by atoms with Crippen LogP contribution < -0.4 is 4.72 Å². The number of benzene rings is 1. The average Bonchev–Trinajstić information content (AvgIpc) is 2.59. The van der Waals surface area contributed by atoms with E-state index in [0.29, 0.717) is 0 Å². The maximum atomic E-state index is 13.1. The highest BCUT2D eigenvalue weighted by molar-refractivity contribution is 7.84. The Kier molecular flexibility index (Phi) is 3.36. The minimum Gasteiger partial charge on any atom is -0.242 e. The molecule has 1 aromatic rings. The Morgan fingerprint density at radius 2 is 2.12 bits per heavy atom. The second-order valence-electron chi connectivity index (χ2n) is 5.43. The molecule has 2 atom stereocenters. The molecule has 0 saturated carbocycles. The van der Waals surface area contributed by atoms with Gasteiger partial charge in [0.15, 0.2) is 0 Å². The third kappa shape index (κ3) is 2.75. The lowest BCUT2D eigenvalue weighted by Crippen LogP contribution is -2.35. The van der Waals surface area contributed by atoms with Gasteiger partial charge in [0.25, 0.3) is 0 Å². The smallest absolute Gasteiger partial charge is 0.123 e. The predicted molar refractivity (Wildman–Crippen MR) is 68.5 cm³/mol. The molecule has 0 spiro atoms. The van der Waals surface area contributed by atoms with E-state index in [1.807, 2.05) is 20.8 Å². The van der Waals surface area contributed by atoms with Crippen molar-refractivity contribution in [3.8, 4) is 0 Å². The lowest BCUT2D eigenvalue weighted by molar-refractivity contribution is 0.595. The molecule has 0 amide bonds. The quantitative estimate of drug-likeness (QED) is 0.865. The summed E-state index contributed by atoms with van der Waals surface area (Å²) in [5, 5.41) is 0. The largest absolute Gasteiger partial charge is 0.242 e. The number of hydrogen-bond donors (Lipinski definition) is 1. The summed E-state index contributed by atoms with van der Waals surface area (Å²) in [6.45, 7) is 5.82. The van der Waals surface area contributed by atoms with Crippen LogP contribution in [0, 0.1) is 5.82 Å². The van der Waals surface area contributed by atoms with Crippen molar-refractivity contribution >= 4 is 11.0 Å². The fraction of sp³-hybridized carbons (Fsp3) is 0.538. The van der Waals surface area contributed by atoms with Crippen molar-refractivity contribution in [3.05, 3.63) is 35.1 Å². The van der Waals surface area contributed by atoms with Crippen molar-refractivity contribution in [2.24, 2.45) is 0 Å². The second-order valence-corrected chi connectivity index (χ2v) is 7.43. The van der Waals surface area contributed by atoms with Crippen molar-refractivity contribution in [1.82, 2.24) is 4.72 Å². The standard InChI is InChI=1S/C13H18FNOS/c1-13(2,3)17(16)15-12-7-4-9-8-10(14)5-6-11(9)12/h5-6,8,12,15H,4,7H2,1-3H3/t12-,17+/m1/s1. The number of rotatable bonds is 2. The fourth-order valence-electron chi connectivity index (χ4n) is 2.01. The maximum Gasteiger partial charge on any atom is 0.123 e. The number of hydrogen-bond acceptors (Lipinski definition) is 1. The molecule has 1 aliphatic carbocycles. The first-order chi connectivity index (χ1) is 7.88. The van der Waals surface area contributed by atoms with Crippen LogP contribution in [0.25, 0.3) is 0 Å². The summed E-state index contributed by atoms with van der Waals surface area (Å²) >= 11 is 0. The highest BCUT2D eigenvalue weighted by atomic mass is 32.2. The molecule has 4 heteroatoms. The number of fused-ring (bicyclic) bond motifs is 1. The minimum atomic E-state index is -1.08. The summed E-state index contributed by atoms with van der Waals surface area (Å²) in [5.74, 6) is -0.193. The van der Waals surface area contributed by atoms with E-state index in [0.717, 1.165) is 24.0 Å². The molecule has 1 aromatic carbocycles. The molecule has 17 heavy (non-hydrogen) atoms. The van der Waals surface area contributed by atoms with Gasteiger partial charge in [-0.05, 0) is 56.9 Å². The van der Waals surface area contributed by atoms with Gasteiger partial charge in [-0.3, -0.25) is 0 Å². The summed E-state index contributed by atoms with van der Waals surface area (Å²) in [5.41, 5.74) is 2.12. The topological polar surface area (TPSA) is 29.1 Å². The SMILES string of the molecule is CC(C)(C)[S@](=O)N[C@@H]1CCc2cc(F)ccc21. The number of halogens is 1. The maximum absolute atomic E-state index is 13.1. The summed E-state index contributed by atoms with van der Waals surface area (Å²) in [6.07, 6.45) is 1.74. The third-order valence-electron chi connectivity index (χ3n) is 2.99. The van der Waals surface area contributed by atoms with Gasteiger partial charge in [-0.25, -0.2) is 13.3 Å². The van der Waals surface area contributed by atoms with Crippen LogP contribution in [-0.2, 0) is 17.4 Å². The molecule has 94 valence electrons. The second kappa shape index (κ2) is 4.50. The van der Waals surface area contributed by atoms with Crippen LogP contribution in [0.1, 0.15) is 44.4 Å². The van der Waals surface area contributed by atoms with Crippen LogP contribution in [0.5, 0.6) is 0 Å². The van der Waals surface area contributed by atoms with Crippen molar-refractivity contribution in [2.45, 2.75) is 44.4 Å². The Hall–Kier alpha value is -0.740. The van der Waals surface area contributed by atoms with Crippen LogP contribution in [0.4, 0.5) is 4.39 Å². The monoisotopic (exact) mass is 255 g/mol. The van der Waals surface area contributed by atoms with E-state index in [4.69, 9.17) is 0 Å². The van der Waals surface area contributed by atoms with Crippen molar-refractivity contribution in [2.75, 3.05) is 0 Å². The fourth-order valence-corrected chi connectivity index (χ4v) is 2.87. The minimum absolute atomic E-state index is 0.0886. The van der Waals surface area contributed by atoms with E-state index in [2.05, 4.69) is 4.72 Å². The van der Waals surface area contributed by atoms with Crippen molar-refractivity contribution < 1.29 is 8.60 Å². The van der Waals surface area contributed by atoms with Gasteiger partial charge in [-0.2, -0.15) is 0 Å².